The number of likely N-dealkylation sites (N-methyl/N-ethyl adjacent to an activating group) is 1. The number of piperazine rings is 1. The molecule has 0 radical (unpaired) electrons. The van der Waals surface area contributed by atoms with Gasteiger partial charge in [-0.3, -0.25) is 4.99 Å². The van der Waals surface area contributed by atoms with E-state index in [0.717, 1.165) is 25.5 Å². The summed E-state index contributed by atoms with van der Waals surface area (Å²) in [5.74, 6) is 0.685. The zero-order chi connectivity index (χ0) is 19.5. The topological polar surface area (TPSA) is 52.1 Å². The van der Waals surface area contributed by atoms with Crippen molar-refractivity contribution in [2.45, 2.75) is 25.9 Å². The van der Waals surface area contributed by atoms with Crippen LogP contribution in [0.3, 0.4) is 0 Å². The van der Waals surface area contributed by atoms with Crippen LogP contribution >= 0.6 is 24.0 Å². The summed E-state index contributed by atoms with van der Waals surface area (Å²) in [6.45, 7) is 9.19. The van der Waals surface area contributed by atoms with Crippen molar-refractivity contribution in [3.63, 3.8) is 0 Å². The minimum Gasteiger partial charge on any atom is -0.486 e. The molecule has 1 saturated heterocycles. The van der Waals surface area contributed by atoms with Gasteiger partial charge in [-0.2, -0.15) is 0 Å². The van der Waals surface area contributed by atoms with Gasteiger partial charge in [0.15, 0.2) is 17.5 Å². The minimum absolute atomic E-state index is 0. The summed E-state index contributed by atoms with van der Waals surface area (Å²) in [5.41, 5.74) is 0. The maximum Gasteiger partial charge on any atom is 0.191 e. The first kappa shape index (κ1) is 24.9. The first-order valence-electron chi connectivity index (χ1n) is 9.85. The largest absolute Gasteiger partial charge is 0.486 e. The van der Waals surface area contributed by atoms with Crippen LogP contribution in [0.2, 0.25) is 0 Å². The predicted octanol–water partition coefficient (Wildman–Crippen LogP) is 2.40. The number of para-hydroxylation sites is 1. The average Bonchev–Trinajstić information content (AvgIpc) is 2.67. The molecule has 0 amide bonds. The molecular weight excluding hydrogens is 472 g/mol. The van der Waals surface area contributed by atoms with E-state index in [-0.39, 0.29) is 41.6 Å². The number of nitrogens with one attached hydrogen (secondary N) is 2. The quantitative estimate of drug-likeness (QED) is 0.233. The molecular formula is C20H35FIN5O. The molecule has 8 heteroatoms. The van der Waals surface area contributed by atoms with Gasteiger partial charge in [-0.1, -0.05) is 12.1 Å². The highest BCUT2D eigenvalue weighted by molar-refractivity contribution is 14.0. The molecule has 2 rings (SSSR count). The summed E-state index contributed by atoms with van der Waals surface area (Å²) >= 11 is 0. The lowest BCUT2D eigenvalue weighted by atomic mass is 10.2. The molecule has 28 heavy (non-hydrogen) atoms. The lowest BCUT2D eigenvalue weighted by Crippen LogP contribution is -2.45. The number of guanidine groups is 1. The highest BCUT2D eigenvalue weighted by Gasteiger charge is 2.13. The van der Waals surface area contributed by atoms with Crippen LogP contribution in [-0.4, -0.2) is 81.8 Å². The molecule has 0 aliphatic carbocycles. The van der Waals surface area contributed by atoms with Crippen molar-refractivity contribution in [1.82, 2.24) is 20.4 Å². The van der Waals surface area contributed by atoms with Crippen molar-refractivity contribution < 1.29 is 9.13 Å². The van der Waals surface area contributed by atoms with Gasteiger partial charge < -0.3 is 25.2 Å². The van der Waals surface area contributed by atoms with Gasteiger partial charge in [0.05, 0.1) is 6.54 Å². The van der Waals surface area contributed by atoms with Crippen molar-refractivity contribution in [2.75, 3.05) is 59.9 Å². The Morgan fingerprint density at radius 1 is 1.18 bits per heavy atom. The molecule has 1 fully saturated rings. The van der Waals surface area contributed by atoms with Crippen molar-refractivity contribution in [3.8, 4) is 5.75 Å². The Balaban J connectivity index is 0.00000392. The number of benzene rings is 1. The normalized spacial score (nSPS) is 16.9. The maximum atomic E-state index is 13.6. The summed E-state index contributed by atoms with van der Waals surface area (Å²) in [7, 11) is 3.93. The Morgan fingerprint density at radius 3 is 2.57 bits per heavy atom. The molecule has 1 aliphatic rings. The van der Waals surface area contributed by atoms with E-state index >= 15 is 0 Å². The number of aliphatic imine (C=N–C) groups is 1. The molecule has 1 aliphatic heterocycles. The van der Waals surface area contributed by atoms with Crippen LogP contribution in [0.4, 0.5) is 4.39 Å². The number of hydrogen-bond acceptors (Lipinski definition) is 4. The maximum absolute atomic E-state index is 13.6. The van der Waals surface area contributed by atoms with Gasteiger partial charge in [0, 0.05) is 39.8 Å². The lowest BCUT2D eigenvalue weighted by molar-refractivity contribution is 0.152. The Morgan fingerprint density at radius 2 is 1.89 bits per heavy atom. The van der Waals surface area contributed by atoms with Gasteiger partial charge in [0.1, 0.15) is 6.10 Å². The van der Waals surface area contributed by atoms with E-state index in [1.165, 1.54) is 38.7 Å². The molecule has 1 unspecified atom stereocenters. The van der Waals surface area contributed by atoms with Crippen molar-refractivity contribution in [2.24, 2.45) is 4.99 Å². The van der Waals surface area contributed by atoms with E-state index in [2.05, 4.69) is 32.5 Å². The second-order valence-corrected chi connectivity index (χ2v) is 7.09. The zero-order valence-corrected chi connectivity index (χ0v) is 19.6. The molecule has 0 spiro atoms. The van der Waals surface area contributed by atoms with Crippen LogP contribution in [0.5, 0.6) is 5.75 Å². The highest BCUT2D eigenvalue weighted by atomic mass is 127. The van der Waals surface area contributed by atoms with Crippen LogP contribution in [-0.2, 0) is 0 Å². The highest BCUT2D eigenvalue weighted by Crippen LogP contribution is 2.16. The Hall–Kier alpha value is -1.13. The van der Waals surface area contributed by atoms with E-state index in [1.807, 2.05) is 6.92 Å². The standard InChI is InChI=1S/C20H34FN5O.HI/c1-17(27-19-9-5-4-8-18(19)21)16-24-20(22-2)23-10-6-7-11-26-14-12-25(3)13-15-26;/h4-5,8-9,17H,6-7,10-16H2,1-3H3,(H2,22,23,24);1H. The number of nitrogens with zero attached hydrogens (tertiary/aromatic N) is 3. The first-order chi connectivity index (χ1) is 13.1. The lowest BCUT2D eigenvalue weighted by Gasteiger charge is -2.32. The number of hydrogen-bond donors (Lipinski definition) is 2. The summed E-state index contributed by atoms with van der Waals surface area (Å²) in [4.78, 5) is 9.15. The molecule has 1 atom stereocenters. The van der Waals surface area contributed by atoms with E-state index in [0.29, 0.717) is 6.54 Å². The van der Waals surface area contributed by atoms with Crippen molar-refractivity contribution in [1.29, 1.82) is 0 Å². The van der Waals surface area contributed by atoms with E-state index in [9.17, 15) is 4.39 Å². The van der Waals surface area contributed by atoms with Gasteiger partial charge in [-0.05, 0) is 45.5 Å². The summed E-state index contributed by atoms with van der Waals surface area (Å²) in [6, 6.07) is 6.46. The van der Waals surface area contributed by atoms with Crippen LogP contribution in [0.15, 0.2) is 29.3 Å². The second kappa shape index (κ2) is 13.9. The molecule has 160 valence electrons. The number of unbranched alkanes of at least 4 members (excludes halogenated alkanes) is 1. The Labute approximate surface area is 185 Å². The first-order valence-corrected chi connectivity index (χ1v) is 9.85. The monoisotopic (exact) mass is 507 g/mol. The number of halogens is 2. The molecule has 6 nitrogen and oxygen atoms in total. The van der Waals surface area contributed by atoms with Crippen molar-refractivity contribution >= 4 is 29.9 Å². The average molecular weight is 507 g/mol. The van der Waals surface area contributed by atoms with E-state index in [4.69, 9.17) is 4.74 Å². The number of ether oxygens (including phenoxy) is 1. The van der Waals surface area contributed by atoms with Gasteiger partial charge in [0.2, 0.25) is 0 Å². The van der Waals surface area contributed by atoms with Gasteiger partial charge in [0.25, 0.3) is 0 Å². The molecule has 1 heterocycles. The predicted molar refractivity (Wildman–Crippen MR) is 124 cm³/mol. The van der Waals surface area contributed by atoms with Gasteiger partial charge in [-0.15, -0.1) is 24.0 Å². The molecule has 0 saturated carbocycles. The molecule has 1 aromatic rings. The summed E-state index contributed by atoms with van der Waals surface area (Å²) in [6.07, 6.45) is 2.12. The summed E-state index contributed by atoms with van der Waals surface area (Å²) in [5, 5.41) is 6.56. The fraction of sp³-hybridized carbons (Fsp3) is 0.650. The fourth-order valence-corrected chi connectivity index (χ4v) is 3.00. The van der Waals surface area contributed by atoms with Crippen LogP contribution in [0, 0.1) is 5.82 Å². The van der Waals surface area contributed by atoms with Crippen LogP contribution in [0.1, 0.15) is 19.8 Å². The summed E-state index contributed by atoms with van der Waals surface area (Å²) < 4.78 is 19.2. The van der Waals surface area contributed by atoms with Gasteiger partial charge in [-0.25, -0.2) is 4.39 Å². The zero-order valence-electron chi connectivity index (χ0n) is 17.3. The second-order valence-electron chi connectivity index (χ2n) is 7.09. The van der Waals surface area contributed by atoms with Crippen LogP contribution < -0.4 is 15.4 Å². The minimum atomic E-state index is -0.341. The molecule has 0 bridgehead atoms. The van der Waals surface area contributed by atoms with Crippen molar-refractivity contribution in [3.05, 3.63) is 30.1 Å². The third kappa shape index (κ3) is 9.38. The molecule has 1 aromatic carbocycles. The Kier molecular flexibility index (Phi) is 12.4. The Bertz CT molecular complexity index is 581. The van der Waals surface area contributed by atoms with Gasteiger partial charge >= 0.3 is 0 Å². The third-order valence-electron chi connectivity index (χ3n) is 4.73. The van der Waals surface area contributed by atoms with Crippen LogP contribution in [0.25, 0.3) is 0 Å². The van der Waals surface area contributed by atoms with E-state index in [1.54, 1.807) is 25.2 Å². The molecule has 2 N–H and O–H groups in total. The van der Waals surface area contributed by atoms with E-state index < -0.39 is 0 Å². The smallest absolute Gasteiger partial charge is 0.191 e. The number of rotatable bonds is 9. The SMILES string of the molecule is CN=C(NCCCCN1CCN(C)CC1)NCC(C)Oc1ccccc1F.I. The fourth-order valence-electron chi connectivity index (χ4n) is 3.00. The third-order valence-corrected chi connectivity index (χ3v) is 4.73. The molecule has 0 aromatic heterocycles.